The smallest absolute Gasteiger partial charge is 0.315 e. The molecule has 4 fully saturated rings. The number of fused-ring (bicyclic) bond motifs is 1. The lowest BCUT2D eigenvalue weighted by molar-refractivity contribution is -0.144. The molecular weight excluding hydrogens is 755 g/mol. The number of carbonyl (C=O) groups is 4. The fourth-order valence-electron chi connectivity index (χ4n) is 8.92. The summed E-state index contributed by atoms with van der Waals surface area (Å²) in [6.07, 6.45) is 4.25. The lowest BCUT2D eigenvalue weighted by Gasteiger charge is -2.40. The summed E-state index contributed by atoms with van der Waals surface area (Å²) < 4.78 is 47.6. The monoisotopic (exact) mass is 807 g/mol. The SMILES string of the molecule is O=C(N[C@@H](C(=O)N1CCC(OC2CCN(CC(=O)N3CCN(C(=O)c4cc(Cc5n[nH]c(=O)c6ccccc56)ccc4F)CC3)CC2)CC1)C1CCCCC1)C(F)F. The van der Waals surface area contributed by atoms with E-state index in [1.165, 1.54) is 12.1 Å². The second-order valence-corrected chi connectivity index (χ2v) is 16.0. The molecule has 4 aliphatic rings. The number of amides is 4. The highest BCUT2D eigenvalue weighted by atomic mass is 19.3. The van der Waals surface area contributed by atoms with E-state index in [1.807, 2.05) is 12.1 Å². The molecule has 58 heavy (non-hydrogen) atoms. The molecule has 3 saturated heterocycles. The van der Waals surface area contributed by atoms with Crippen molar-refractivity contribution in [1.82, 2.24) is 35.1 Å². The Kier molecular flexibility index (Phi) is 13.4. The van der Waals surface area contributed by atoms with Crippen LogP contribution in [0.4, 0.5) is 13.2 Å². The Labute approximate surface area is 335 Å². The summed E-state index contributed by atoms with van der Waals surface area (Å²) in [5.41, 5.74) is 0.948. The Morgan fingerprint density at radius 3 is 2.10 bits per heavy atom. The molecule has 0 bridgehead atoms. The number of benzene rings is 2. The quantitative estimate of drug-likeness (QED) is 0.298. The van der Waals surface area contributed by atoms with Crippen LogP contribution in [0.15, 0.2) is 47.3 Å². The van der Waals surface area contributed by atoms with Gasteiger partial charge in [0.15, 0.2) is 0 Å². The van der Waals surface area contributed by atoms with E-state index in [1.54, 1.807) is 32.9 Å². The molecule has 0 spiro atoms. The number of nitrogens with one attached hydrogen (secondary N) is 2. The first-order valence-electron chi connectivity index (χ1n) is 20.6. The van der Waals surface area contributed by atoms with E-state index in [0.29, 0.717) is 80.6 Å². The van der Waals surface area contributed by atoms with Crippen molar-refractivity contribution in [2.45, 2.75) is 88.9 Å². The number of hydrogen-bond donors (Lipinski definition) is 2. The van der Waals surface area contributed by atoms with Crippen LogP contribution in [0.1, 0.15) is 79.4 Å². The molecule has 4 amide bonds. The van der Waals surface area contributed by atoms with Crippen LogP contribution in [-0.4, -0.2) is 137 Å². The van der Waals surface area contributed by atoms with Gasteiger partial charge in [-0.25, -0.2) is 9.49 Å². The van der Waals surface area contributed by atoms with Crippen molar-refractivity contribution >= 4 is 34.4 Å². The van der Waals surface area contributed by atoms with Gasteiger partial charge in [0, 0.05) is 64.2 Å². The largest absolute Gasteiger partial charge is 0.375 e. The second-order valence-electron chi connectivity index (χ2n) is 16.0. The van der Waals surface area contributed by atoms with Gasteiger partial charge in [0.2, 0.25) is 11.8 Å². The van der Waals surface area contributed by atoms with Crippen molar-refractivity contribution in [3.8, 4) is 0 Å². The predicted octanol–water partition coefficient (Wildman–Crippen LogP) is 3.74. The minimum absolute atomic E-state index is 0.0198. The topological polar surface area (TPSA) is 148 Å². The molecular formula is C42H52F3N7O6. The zero-order chi connectivity index (χ0) is 40.8. The standard InChI is InChI=1S/C42H52F3N7O6/c43-34-11-10-27(25-35-31-8-4-5-9-32(31)39(54)48-47-35)24-33(34)41(56)52-22-20-50(21-23-52)36(53)26-49-16-12-29(13-17-49)58-30-14-18-51(19-15-30)42(57)37(46-40(55)38(44)45)28-6-2-1-3-7-28/h4-5,8-11,24,28-30,37-38H,1-3,6-7,12-23,25-26H2,(H,46,55)(H,48,54)/t37-/m1/s1. The van der Waals surface area contributed by atoms with Gasteiger partial charge >= 0.3 is 6.43 Å². The lowest BCUT2D eigenvalue weighted by atomic mass is 9.83. The second kappa shape index (κ2) is 18.8. The fourth-order valence-corrected chi connectivity index (χ4v) is 8.92. The minimum Gasteiger partial charge on any atom is -0.375 e. The van der Waals surface area contributed by atoms with Crippen molar-refractivity contribution in [2.75, 3.05) is 58.9 Å². The van der Waals surface area contributed by atoms with Crippen LogP contribution in [0.25, 0.3) is 10.8 Å². The Morgan fingerprint density at radius 2 is 1.43 bits per heavy atom. The lowest BCUT2D eigenvalue weighted by Crippen LogP contribution is -2.55. The van der Waals surface area contributed by atoms with Crippen molar-refractivity contribution in [1.29, 1.82) is 0 Å². The molecule has 0 radical (unpaired) electrons. The number of aromatic nitrogens is 2. The highest BCUT2D eigenvalue weighted by molar-refractivity contribution is 5.95. The van der Waals surface area contributed by atoms with Crippen LogP contribution in [0, 0.1) is 11.7 Å². The first kappa shape index (κ1) is 41.3. The molecule has 2 aromatic carbocycles. The zero-order valence-electron chi connectivity index (χ0n) is 32.7. The molecule has 13 nitrogen and oxygen atoms in total. The van der Waals surface area contributed by atoms with E-state index < -0.39 is 30.1 Å². The van der Waals surface area contributed by atoms with Crippen molar-refractivity contribution in [3.63, 3.8) is 0 Å². The Hall–Kier alpha value is -4.83. The van der Waals surface area contributed by atoms with Gasteiger partial charge in [-0.15, -0.1) is 0 Å². The first-order chi connectivity index (χ1) is 28.0. The molecule has 1 aromatic heterocycles. The molecule has 0 unspecified atom stereocenters. The van der Waals surface area contributed by atoms with Crippen LogP contribution in [-0.2, 0) is 25.5 Å². The number of piperazine rings is 1. The highest BCUT2D eigenvalue weighted by Gasteiger charge is 2.37. The van der Waals surface area contributed by atoms with Gasteiger partial charge in [0.1, 0.15) is 11.9 Å². The Bertz CT molecular complexity index is 2000. The predicted molar refractivity (Wildman–Crippen MR) is 209 cm³/mol. The van der Waals surface area contributed by atoms with Crippen LogP contribution >= 0.6 is 0 Å². The number of alkyl halides is 2. The summed E-state index contributed by atoms with van der Waals surface area (Å²) in [5.74, 6) is -2.89. The van der Waals surface area contributed by atoms with Crippen LogP contribution in [0.3, 0.4) is 0 Å². The van der Waals surface area contributed by atoms with E-state index in [0.717, 1.165) is 44.9 Å². The molecule has 3 aliphatic heterocycles. The van der Waals surface area contributed by atoms with Crippen LogP contribution in [0.5, 0.6) is 0 Å². The van der Waals surface area contributed by atoms with Crippen molar-refractivity contribution < 1.29 is 37.1 Å². The number of aromatic amines is 1. The van der Waals surface area contributed by atoms with Gasteiger partial charge in [-0.2, -0.15) is 13.9 Å². The van der Waals surface area contributed by atoms with Gasteiger partial charge in [-0.05, 0) is 68.2 Å². The van der Waals surface area contributed by atoms with Gasteiger partial charge in [-0.3, -0.25) is 28.9 Å². The van der Waals surface area contributed by atoms with Crippen LogP contribution < -0.4 is 10.9 Å². The number of carbonyl (C=O) groups excluding carboxylic acids is 4. The van der Waals surface area contributed by atoms with Gasteiger partial charge in [0.25, 0.3) is 17.4 Å². The number of rotatable bonds is 11. The Balaban J connectivity index is 0.829. The third-order valence-corrected chi connectivity index (χ3v) is 12.2. The molecule has 7 rings (SSSR count). The number of likely N-dealkylation sites (tertiary alicyclic amines) is 2. The third kappa shape index (κ3) is 9.88. The number of nitrogens with zero attached hydrogens (tertiary/aromatic N) is 5. The van der Waals surface area contributed by atoms with E-state index in [-0.39, 0.29) is 60.7 Å². The molecule has 2 N–H and O–H groups in total. The molecule has 1 aliphatic carbocycles. The van der Waals surface area contributed by atoms with Gasteiger partial charge < -0.3 is 24.8 Å². The fraction of sp³-hybridized carbons (Fsp3) is 0.571. The summed E-state index contributed by atoms with van der Waals surface area (Å²) in [6, 6.07) is 10.6. The normalized spacial score (nSPS) is 19.8. The molecule has 1 saturated carbocycles. The number of ether oxygens (including phenoxy) is 1. The maximum absolute atomic E-state index is 15.0. The van der Waals surface area contributed by atoms with E-state index in [9.17, 15) is 37.1 Å². The van der Waals surface area contributed by atoms with E-state index >= 15 is 0 Å². The van der Waals surface area contributed by atoms with Gasteiger partial charge in [-0.1, -0.05) is 43.5 Å². The minimum atomic E-state index is -3.16. The zero-order valence-corrected chi connectivity index (χ0v) is 32.7. The van der Waals surface area contributed by atoms with E-state index in [2.05, 4.69) is 20.4 Å². The van der Waals surface area contributed by atoms with Crippen LogP contribution in [0.2, 0.25) is 0 Å². The molecule has 312 valence electrons. The third-order valence-electron chi connectivity index (χ3n) is 12.2. The maximum atomic E-state index is 15.0. The molecule has 1 atom stereocenters. The van der Waals surface area contributed by atoms with Crippen molar-refractivity contribution in [2.24, 2.45) is 5.92 Å². The summed E-state index contributed by atoms with van der Waals surface area (Å²) in [6.45, 7) is 3.79. The number of halogens is 3. The highest BCUT2D eigenvalue weighted by Crippen LogP contribution is 2.29. The first-order valence-corrected chi connectivity index (χ1v) is 20.6. The van der Waals surface area contributed by atoms with E-state index in [4.69, 9.17) is 4.74 Å². The molecule has 3 aromatic rings. The number of piperidine rings is 2. The van der Waals surface area contributed by atoms with Crippen molar-refractivity contribution in [3.05, 3.63) is 75.5 Å². The number of hydrogen-bond acceptors (Lipinski definition) is 8. The average Bonchev–Trinajstić information content (AvgIpc) is 3.25. The maximum Gasteiger partial charge on any atom is 0.315 e. The molecule has 16 heteroatoms. The summed E-state index contributed by atoms with van der Waals surface area (Å²) >= 11 is 0. The van der Waals surface area contributed by atoms with Gasteiger partial charge in [0.05, 0.1) is 35.4 Å². The Morgan fingerprint density at radius 1 is 0.793 bits per heavy atom. The number of H-pyrrole nitrogens is 1. The average molecular weight is 808 g/mol. The summed E-state index contributed by atoms with van der Waals surface area (Å²) in [5, 5.41) is 10.3. The molecule has 4 heterocycles. The summed E-state index contributed by atoms with van der Waals surface area (Å²) in [7, 11) is 0. The summed E-state index contributed by atoms with van der Waals surface area (Å²) in [4.78, 5) is 71.4.